The van der Waals surface area contributed by atoms with Crippen molar-refractivity contribution >= 4 is 29.3 Å². The standard InChI is InChI=1S/C19H20ClN5OS/c1-13(2)11-22-17(26)12-27-19-24-23-18(14-7-9-21-10-8-14)25(19)16-5-3-15(20)4-6-16/h3-10,13H,11-12H2,1-2H3,(H,22,26). The van der Waals surface area contributed by atoms with E-state index in [1.54, 1.807) is 12.4 Å². The predicted molar refractivity (Wildman–Crippen MR) is 108 cm³/mol. The van der Waals surface area contributed by atoms with Crippen LogP contribution < -0.4 is 5.32 Å². The summed E-state index contributed by atoms with van der Waals surface area (Å²) in [6.07, 6.45) is 3.42. The van der Waals surface area contributed by atoms with Crippen LogP contribution in [0.3, 0.4) is 0 Å². The molecule has 0 aliphatic heterocycles. The van der Waals surface area contributed by atoms with Gasteiger partial charge in [0, 0.05) is 35.2 Å². The van der Waals surface area contributed by atoms with Crippen molar-refractivity contribution in [3.63, 3.8) is 0 Å². The highest BCUT2D eigenvalue weighted by molar-refractivity contribution is 7.99. The molecule has 2 aromatic heterocycles. The fraction of sp³-hybridized carbons (Fsp3) is 0.263. The number of carbonyl (C=O) groups is 1. The van der Waals surface area contributed by atoms with Crippen LogP contribution in [0, 0.1) is 5.92 Å². The van der Waals surface area contributed by atoms with Crippen LogP contribution in [-0.4, -0.2) is 38.0 Å². The molecule has 27 heavy (non-hydrogen) atoms. The number of carbonyl (C=O) groups excluding carboxylic acids is 1. The van der Waals surface area contributed by atoms with Crippen LogP contribution in [0.2, 0.25) is 5.02 Å². The van der Waals surface area contributed by atoms with Gasteiger partial charge in [-0.2, -0.15) is 0 Å². The molecule has 0 saturated heterocycles. The zero-order valence-corrected chi connectivity index (χ0v) is 16.7. The number of nitrogens with zero attached hydrogens (tertiary/aromatic N) is 4. The second-order valence-electron chi connectivity index (χ2n) is 6.34. The highest BCUT2D eigenvalue weighted by Crippen LogP contribution is 2.28. The first kappa shape index (κ1) is 19.4. The number of aromatic nitrogens is 4. The van der Waals surface area contributed by atoms with Crippen molar-refractivity contribution in [1.29, 1.82) is 0 Å². The van der Waals surface area contributed by atoms with Crippen LogP contribution in [0.25, 0.3) is 17.1 Å². The third-order valence-corrected chi connectivity index (χ3v) is 4.88. The molecule has 8 heteroatoms. The van der Waals surface area contributed by atoms with Crippen molar-refractivity contribution in [2.45, 2.75) is 19.0 Å². The van der Waals surface area contributed by atoms with Crippen LogP contribution in [0.4, 0.5) is 0 Å². The van der Waals surface area contributed by atoms with Gasteiger partial charge in [0.05, 0.1) is 5.75 Å². The molecule has 1 N–H and O–H groups in total. The Morgan fingerprint density at radius 3 is 2.52 bits per heavy atom. The smallest absolute Gasteiger partial charge is 0.230 e. The first-order valence-corrected chi connectivity index (χ1v) is 9.92. The Morgan fingerprint density at radius 1 is 1.15 bits per heavy atom. The molecule has 3 rings (SSSR count). The molecule has 0 unspecified atom stereocenters. The highest BCUT2D eigenvalue weighted by atomic mass is 35.5. The Kier molecular flexibility index (Phi) is 6.47. The molecule has 0 atom stereocenters. The number of rotatable bonds is 7. The van der Waals surface area contributed by atoms with Gasteiger partial charge in [-0.1, -0.05) is 37.2 Å². The van der Waals surface area contributed by atoms with Crippen LogP contribution in [0.1, 0.15) is 13.8 Å². The van der Waals surface area contributed by atoms with E-state index >= 15 is 0 Å². The van der Waals surface area contributed by atoms with Crippen LogP contribution in [-0.2, 0) is 4.79 Å². The van der Waals surface area contributed by atoms with E-state index in [4.69, 9.17) is 11.6 Å². The van der Waals surface area contributed by atoms with Crippen molar-refractivity contribution in [3.05, 3.63) is 53.8 Å². The van der Waals surface area contributed by atoms with Gasteiger partial charge in [-0.25, -0.2) is 0 Å². The molecule has 140 valence electrons. The summed E-state index contributed by atoms with van der Waals surface area (Å²) in [6, 6.07) is 11.2. The average Bonchev–Trinajstić information content (AvgIpc) is 3.10. The molecule has 0 aliphatic carbocycles. The molecule has 1 aromatic carbocycles. The number of halogens is 1. The highest BCUT2D eigenvalue weighted by Gasteiger charge is 2.17. The molecule has 3 aromatic rings. The van der Waals surface area contributed by atoms with Gasteiger partial charge >= 0.3 is 0 Å². The van der Waals surface area contributed by atoms with Gasteiger partial charge < -0.3 is 5.32 Å². The average molecular weight is 402 g/mol. The largest absolute Gasteiger partial charge is 0.355 e. The molecular weight excluding hydrogens is 382 g/mol. The van der Waals surface area contributed by atoms with Crippen LogP contribution >= 0.6 is 23.4 Å². The number of hydrogen-bond acceptors (Lipinski definition) is 5. The van der Waals surface area contributed by atoms with Crippen molar-refractivity contribution in [2.75, 3.05) is 12.3 Å². The number of pyridine rings is 1. The van der Waals surface area contributed by atoms with Crippen molar-refractivity contribution in [2.24, 2.45) is 5.92 Å². The van der Waals surface area contributed by atoms with Crippen molar-refractivity contribution < 1.29 is 4.79 Å². The van der Waals surface area contributed by atoms with Crippen molar-refractivity contribution in [1.82, 2.24) is 25.1 Å². The van der Waals surface area contributed by atoms with E-state index in [0.29, 0.717) is 28.5 Å². The third-order valence-electron chi connectivity index (χ3n) is 3.70. The lowest BCUT2D eigenvalue weighted by molar-refractivity contribution is -0.118. The number of hydrogen-bond donors (Lipinski definition) is 1. The molecule has 1 amide bonds. The molecule has 0 radical (unpaired) electrons. The zero-order valence-electron chi connectivity index (χ0n) is 15.1. The van der Waals surface area contributed by atoms with Gasteiger partial charge in [0.15, 0.2) is 11.0 Å². The summed E-state index contributed by atoms with van der Waals surface area (Å²) in [4.78, 5) is 16.1. The van der Waals surface area contributed by atoms with E-state index in [-0.39, 0.29) is 11.7 Å². The van der Waals surface area contributed by atoms with E-state index in [1.807, 2.05) is 41.0 Å². The lowest BCUT2D eigenvalue weighted by Gasteiger charge is -2.11. The first-order valence-electron chi connectivity index (χ1n) is 8.56. The quantitative estimate of drug-likeness (QED) is 0.609. The molecule has 0 saturated carbocycles. The molecule has 6 nitrogen and oxygen atoms in total. The Labute approximate surface area is 167 Å². The molecule has 0 bridgehead atoms. The number of nitrogens with one attached hydrogen (secondary N) is 1. The summed E-state index contributed by atoms with van der Waals surface area (Å²) in [5.41, 5.74) is 1.77. The number of benzene rings is 1. The normalized spacial score (nSPS) is 11.0. The Balaban J connectivity index is 1.89. The zero-order chi connectivity index (χ0) is 19.2. The summed E-state index contributed by atoms with van der Waals surface area (Å²) in [7, 11) is 0. The minimum Gasteiger partial charge on any atom is -0.355 e. The fourth-order valence-electron chi connectivity index (χ4n) is 2.37. The van der Waals surface area contributed by atoms with E-state index in [0.717, 1.165) is 11.3 Å². The summed E-state index contributed by atoms with van der Waals surface area (Å²) in [5.74, 6) is 1.35. The minimum absolute atomic E-state index is 0.0233. The molecule has 0 spiro atoms. The van der Waals surface area contributed by atoms with Gasteiger partial charge in [-0.05, 0) is 42.3 Å². The maximum absolute atomic E-state index is 12.1. The fourth-order valence-corrected chi connectivity index (χ4v) is 3.28. The SMILES string of the molecule is CC(C)CNC(=O)CSc1nnc(-c2ccncc2)n1-c1ccc(Cl)cc1. The van der Waals surface area contributed by atoms with Gasteiger partial charge in [-0.15, -0.1) is 10.2 Å². The number of amides is 1. The minimum atomic E-state index is -0.0233. The van der Waals surface area contributed by atoms with Crippen molar-refractivity contribution in [3.8, 4) is 17.1 Å². The summed E-state index contributed by atoms with van der Waals surface area (Å²) >= 11 is 7.38. The molecular formula is C19H20ClN5OS. The van der Waals surface area contributed by atoms with Gasteiger partial charge in [0.1, 0.15) is 0 Å². The molecule has 2 heterocycles. The molecule has 0 fully saturated rings. The topological polar surface area (TPSA) is 72.7 Å². The van der Waals surface area contributed by atoms with E-state index in [9.17, 15) is 4.79 Å². The first-order chi connectivity index (χ1) is 13.0. The van der Waals surface area contributed by atoms with Gasteiger partial charge in [0.2, 0.25) is 5.91 Å². The van der Waals surface area contributed by atoms with Gasteiger partial charge in [-0.3, -0.25) is 14.3 Å². The van der Waals surface area contributed by atoms with E-state index in [2.05, 4.69) is 34.3 Å². The Bertz CT molecular complexity index is 896. The Morgan fingerprint density at radius 2 is 1.85 bits per heavy atom. The summed E-state index contributed by atoms with van der Waals surface area (Å²) in [5, 5.41) is 12.8. The van der Waals surface area contributed by atoms with Crippen LogP contribution in [0.15, 0.2) is 53.9 Å². The lowest BCUT2D eigenvalue weighted by atomic mass is 10.2. The van der Waals surface area contributed by atoms with E-state index < -0.39 is 0 Å². The summed E-state index contributed by atoms with van der Waals surface area (Å²) in [6.45, 7) is 4.78. The Hall–Kier alpha value is -2.38. The maximum atomic E-state index is 12.1. The van der Waals surface area contributed by atoms with Crippen LogP contribution in [0.5, 0.6) is 0 Å². The van der Waals surface area contributed by atoms with E-state index in [1.165, 1.54) is 11.8 Å². The second-order valence-corrected chi connectivity index (χ2v) is 7.72. The summed E-state index contributed by atoms with van der Waals surface area (Å²) < 4.78 is 1.92. The van der Waals surface area contributed by atoms with Gasteiger partial charge in [0.25, 0.3) is 0 Å². The predicted octanol–water partition coefficient (Wildman–Crippen LogP) is 3.85. The molecule has 0 aliphatic rings. The second kappa shape index (κ2) is 9.01. The lowest BCUT2D eigenvalue weighted by Crippen LogP contribution is -2.28. The number of thioether (sulfide) groups is 1. The monoisotopic (exact) mass is 401 g/mol. The maximum Gasteiger partial charge on any atom is 0.230 e. The third kappa shape index (κ3) is 5.08.